The largest absolute Gasteiger partial charge is 0.495 e. The van der Waals surface area contributed by atoms with E-state index in [1.54, 1.807) is 30.3 Å². The van der Waals surface area contributed by atoms with Crippen LogP contribution in [-0.2, 0) is 26.0 Å². The average molecular weight is 939 g/mol. The first-order valence-corrected chi connectivity index (χ1v) is 22.9. The molecular weight excluding hydrogens is 888 g/mol. The number of nitrogens with one attached hydrogen (secondary N) is 4. The molecule has 1 saturated carbocycles. The van der Waals surface area contributed by atoms with Gasteiger partial charge < -0.3 is 25.6 Å². The summed E-state index contributed by atoms with van der Waals surface area (Å²) in [5.41, 5.74) is 0.639. The van der Waals surface area contributed by atoms with Gasteiger partial charge in [0.1, 0.15) is 17.3 Å². The van der Waals surface area contributed by atoms with E-state index in [0.29, 0.717) is 43.5 Å². The molecule has 5 heterocycles. The van der Waals surface area contributed by atoms with Crippen LogP contribution in [0.4, 0.5) is 28.9 Å². The lowest BCUT2D eigenvalue weighted by molar-refractivity contribution is -0.141. The van der Waals surface area contributed by atoms with Gasteiger partial charge in [0, 0.05) is 77.9 Å². The summed E-state index contributed by atoms with van der Waals surface area (Å²) in [5, 5.41) is 11.9. The Hall–Kier alpha value is -5.98. The molecule has 1 unspecified atom stereocenters. The molecule has 4 N–H and O–H groups in total. The number of methoxy groups -OCH3 is 1. The second-order valence-electron chi connectivity index (χ2n) is 19.8. The van der Waals surface area contributed by atoms with Gasteiger partial charge in [0.2, 0.25) is 17.7 Å². The molecule has 2 spiro atoms. The Morgan fingerprint density at radius 1 is 1.03 bits per heavy atom. The Morgan fingerprint density at radius 2 is 1.78 bits per heavy atom. The number of carbonyl (C=O) groups is 4. The van der Waals surface area contributed by atoms with E-state index in [1.807, 2.05) is 49.9 Å². The summed E-state index contributed by atoms with van der Waals surface area (Å²) in [6.45, 7) is 7.25. The predicted octanol–water partition coefficient (Wildman–Crippen LogP) is 8.58. The number of aromatic nitrogens is 1. The zero-order valence-corrected chi connectivity index (χ0v) is 38.3. The van der Waals surface area contributed by atoms with Gasteiger partial charge in [0.25, 0.3) is 5.91 Å². The molecule has 4 fully saturated rings. The number of carbonyl (C=O) groups excluding carboxylic acids is 4. The van der Waals surface area contributed by atoms with Crippen LogP contribution < -0.4 is 26.0 Å². The number of halogens is 5. The summed E-state index contributed by atoms with van der Waals surface area (Å²) < 4.78 is 63.6. The summed E-state index contributed by atoms with van der Waals surface area (Å²) in [4.78, 5) is 58.1. The first-order chi connectivity index (χ1) is 31.8. The number of imide groups is 1. The van der Waals surface area contributed by atoms with Crippen LogP contribution in [0.15, 0.2) is 72.9 Å². The average Bonchev–Trinajstić information content (AvgIpc) is 3.65. The number of rotatable bonds is 7. The molecule has 350 valence electrons. The van der Waals surface area contributed by atoms with Crippen molar-refractivity contribution in [3.8, 4) is 17.6 Å². The van der Waals surface area contributed by atoms with Gasteiger partial charge in [-0.2, -0.15) is 13.2 Å². The monoisotopic (exact) mass is 938 g/mol. The number of hydrogen-bond acceptors (Lipinski definition) is 8. The van der Waals surface area contributed by atoms with Crippen molar-refractivity contribution in [1.29, 1.82) is 0 Å². The molecule has 1 aromatic heterocycles. The molecule has 9 rings (SSSR count). The van der Waals surface area contributed by atoms with Crippen molar-refractivity contribution in [3.63, 3.8) is 0 Å². The van der Waals surface area contributed by atoms with Gasteiger partial charge in [-0.3, -0.25) is 29.5 Å². The fourth-order valence-electron chi connectivity index (χ4n) is 10.9. The highest BCUT2D eigenvalue weighted by Gasteiger charge is 2.62. The number of likely N-dealkylation sites (tertiary alicyclic amines) is 1. The third kappa shape index (κ3) is 8.74. The van der Waals surface area contributed by atoms with Crippen LogP contribution in [-0.4, -0.2) is 72.3 Å². The van der Waals surface area contributed by atoms with Crippen molar-refractivity contribution in [2.24, 2.45) is 16.7 Å². The number of pyridine rings is 1. The maximum absolute atomic E-state index is 16.3. The number of piperidine rings is 2. The normalized spacial score (nSPS) is 25.2. The fraction of sp³-hybridized carbons (Fsp3) is 0.431. The standard InChI is InChI=1S/C51H51ClF4N6O5/c1-48(2,3)25-40-50(27-58-37-23-39(51(54,55)56)57-26-34(37)50)42(33-6-5-7-35(52)43(33)53)44(60-40)46(65)59-36-16-13-30(22-38(36)67-4)47(66)62-20-18-49(19-21-62)24-31(49)14-10-28-8-11-29(12-9-28)32-15-17-41(63)61-45(32)64/h5-9,11-13,16,22-23,26,31-32,40,42,44,58,60H,15,17-21,24-25,27H2,1-4H3,(H,59,65)(H,61,63,64)/t31-,32?,40-,42-,44+,50-/m0/s1. The molecule has 6 atom stereocenters. The minimum Gasteiger partial charge on any atom is -0.495 e. The fourth-order valence-corrected chi connectivity index (χ4v) is 11.1. The predicted molar refractivity (Wildman–Crippen MR) is 244 cm³/mol. The van der Waals surface area contributed by atoms with Gasteiger partial charge in [0.05, 0.1) is 29.8 Å². The highest BCUT2D eigenvalue weighted by Crippen LogP contribution is 2.59. The highest BCUT2D eigenvalue weighted by atomic mass is 35.5. The van der Waals surface area contributed by atoms with E-state index in [4.69, 9.17) is 16.3 Å². The van der Waals surface area contributed by atoms with Crippen LogP contribution >= 0.6 is 11.6 Å². The highest BCUT2D eigenvalue weighted by molar-refractivity contribution is 6.30. The molecule has 3 saturated heterocycles. The van der Waals surface area contributed by atoms with E-state index in [1.165, 1.54) is 19.4 Å². The number of hydrogen-bond donors (Lipinski definition) is 4. The number of benzene rings is 3. The Morgan fingerprint density at radius 3 is 2.46 bits per heavy atom. The maximum Gasteiger partial charge on any atom is 0.433 e. The molecule has 1 aliphatic carbocycles. The van der Waals surface area contributed by atoms with Crippen molar-refractivity contribution >= 4 is 46.6 Å². The van der Waals surface area contributed by atoms with E-state index in [0.717, 1.165) is 36.5 Å². The molecule has 0 radical (unpaired) electrons. The van der Waals surface area contributed by atoms with Crippen LogP contribution in [0.3, 0.4) is 0 Å². The molecule has 4 aromatic rings. The smallest absolute Gasteiger partial charge is 0.433 e. The summed E-state index contributed by atoms with van der Waals surface area (Å²) in [5.74, 6) is 3.89. The third-order valence-corrected chi connectivity index (χ3v) is 14.8. The lowest BCUT2D eigenvalue weighted by atomic mass is 9.63. The summed E-state index contributed by atoms with van der Waals surface area (Å²) in [7, 11) is 1.43. The minimum absolute atomic E-state index is 0.0477. The first kappa shape index (κ1) is 46.1. The number of ether oxygens (including phenoxy) is 1. The van der Waals surface area contributed by atoms with E-state index in [-0.39, 0.29) is 74.6 Å². The van der Waals surface area contributed by atoms with Crippen LogP contribution in [0, 0.1) is 34.4 Å². The van der Waals surface area contributed by atoms with Gasteiger partial charge in [0.15, 0.2) is 0 Å². The van der Waals surface area contributed by atoms with Crippen LogP contribution in [0.2, 0.25) is 5.02 Å². The molecular formula is C51H51ClF4N6O5. The molecule has 3 aromatic carbocycles. The zero-order chi connectivity index (χ0) is 47.6. The van der Waals surface area contributed by atoms with Crippen LogP contribution in [0.1, 0.15) is 109 Å². The van der Waals surface area contributed by atoms with Gasteiger partial charge in [-0.05, 0) is 96.5 Å². The Kier molecular flexibility index (Phi) is 11.9. The second kappa shape index (κ2) is 17.3. The lowest BCUT2D eigenvalue weighted by Crippen LogP contribution is -2.46. The molecule has 4 aliphatic heterocycles. The van der Waals surface area contributed by atoms with Gasteiger partial charge in [-0.25, -0.2) is 4.39 Å². The van der Waals surface area contributed by atoms with E-state index in [2.05, 4.69) is 38.1 Å². The quantitative estimate of drug-likeness (QED) is 0.0821. The minimum atomic E-state index is -4.70. The van der Waals surface area contributed by atoms with Crippen molar-refractivity contribution < 1.29 is 41.5 Å². The number of anilines is 2. The van der Waals surface area contributed by atoms with E-state index in [9.17, 15) is 32.3 Å². The maximum atomic E-state index is 16.3. The van der Waals surface area contributed by atoms with E-state index >= 15 is 4.39 Å². The topological polar surface area (TPSA) is 142 Å². The van der Waals surface area contributed by atoms with Crippen LogP contribution in [0.5, 0.6) is 5.75 Å². The molecule has 5 aliphatic rings. The van der Waals surface area contributed by atoms with Crippen LogP contribution in [0.25, 0.3) is 0 Å². The van der Waals surface area contributed by atoms with Gasteiger partial charge >= 0.3 is 6.18 Å². The third-order valence-electron chi connectivity index (χ3n) is 14.5. The number of nitrogens with zero attached hydrogens (tertiary/aromatic N) is 2. The van der Waals surface area contributed by atoms with Crippen molar-refractivity contribution in [1.82, 2.24) is 20.5 Å². The molecule has 16 heteroatoms. The van der Waals surface area contributed by atoms with E-state index < -0.39 is 47.0 Å². The molecule has 11 nitrogen and oxygen atoms in total. The number of amides is 4. The SMILES string of the molecule is COc1cc(C(=O)N2CCC3(CC2)C[C@@H]3C#Cc2ccc(C3CCC(=O)NC3=O)cc2)ccc1NC(=O)[C@@H]1N[C@@H](CC(C)(C)C)[C@@]2(CNc3cc(C(F)(F)F)ncc32)[C@H]1c1cccc(Cl)c1F. The number of alkyl halides is 3. The Labute approximate surface area is 391 Å². The summed E-state index contributed by atoms with van der Waals surface area (Å²) >= 11 is 6.36. The van der Waals surface area contributed by atoms with Crippen molar-refractivity contribution in [3.05, 3.63) is 117 Å². The first-order valence-electron chi connectivity index (χ1n) is 22.6. The summed E-state index contributed by atoms with van der Waals surface area (Å²) in [6.07, 6.45) is 0.335. The van der Waals surface area contributed by atoms with Crippen molar-refractivity contribution in [2.45, 2.75) is 94.8 Å². The zero-order valence-electron chi connectivity index (χ0n) is 37.5. The van der Waals surface area contributed by atoms with Crippen molar-refractivity contribution in [2.75, 3.05) is 37.4 Å². The Balaban J connectivity index is 0.904. The lowest BCUT2D eigenvalue weighted by Gasteiger charge is -2.39. The molecule has 4 amide bonds. The molecule has 67 heavy (non-hydrogen) atoms. The van der Waals surface area contributed by atoms with Gasteiger partial charge in [-0.15, -0.1) is 0 Å². The van der Waals surface area contributed by atoms with Gasteiger partial charge in [-0.1, -0.05) is 68.5 Å². The summed E-state index contributed by atoms with van der Waals surface area (Å²) in [6, 6.07) is 16.3. The Bertz CT molecular complexity index is 2720. The second-order valence-corrected chi connectivity index (χ2v) is 20.2. The number of fused-ring (bicyclic) bond motifs is 2. The molecule has 0 bridgehead atoms.